The third kappa shape index (κ3) is 4.47. The lowest BCUT2D eigenvalue weighted by atomic mass is 10.0. The number of rotatable bonds is 3. The first-order valence-electron chi connectivity index (χ1n) is 7.99. The minimum absolute atomic E-state index is 0.0571. The third-order valence-electron chi connectivity index (χ3n) is 3.69. The van der Waals surface area contributed by atoms with Crippen LogP contribution in [0.3, 0.4) is 0 Å². The topological polar surface area (TPSA) is 65.1 Å². The Kier molecular flexibility index (Phi) is 5.49. The van der Waals surface area contributed by atoms with Gasteiger partial charge in [0.05, 0.1) is 25.8 Å². The number of hydrogen-bond acceptors (Lipinski definition) is 5. The van der Waals surface area contributed by atoms with Gasteiger partial charge in [-0.25, -0.2) is 4.79 Å². The fourth-order valence-corrected chi connectivity index (χ4v) is 2.54. The summed E-state index contributed by atoms with van der Waals surface area (Å²) in [6.45, 7) is 8.35. The molecule has 24 heavy (non-hydrogen) atoms. The number of hydrogen-bond donors (Lipinski definition) is 0. The van der Waals surface area contributed by atoms with E-state index in [1.807, 2.05) is 26.8 Å². The van der Waals surface area contributed by atoms with Crippen LogP contribution in [0, 0.1) is 0 Å². The second-order valence-corrected chi connectivity index (χ2v) is 6.80. The first kappa shape index (κ1) is 18.3. The van der Waals surface area contributed by atoms with Crippen LogP contribution in [-0.2, 0) is 9.47 Å². The van der Waals surface area contributed by atoms with Crippen LogP contribution in [0.5, 0.6) is 5.75 Å². The molecule has 1 atom stereocenters. The fraction of sp³-hybridized carbons (Fsp3) is 0.556. The Labute approximate surface area is 142 Å². The Morgan fingerprint density at radius 3 is 2.58 bits per heavy atom. The molecule has 0 unspecified atom stereocenters. The minimum atomic E-state index is -0.531. The molecule has 0 saturated carbocycles. The molecule has 1 aliphatic rings. The number of carbonyl (C=O) groups is 2. The maximum Gasteiger partial charge on any atom is 0.410 e. The monoisotopic (exact) mass is 335 g/mol. The molecule has 1 fully saturated rings. The molecule has 1 heterocycles. The molecule has 1 aliphatic heterocycles. The quantitative estimate of drug-likeness (QED) is 0.794. The number of carbonyl (C=O) groups excluding carboxylic acids is 2. The smallest absolute Gasteiger partial charge is 0.410 e. The van der Waals surface area contributed by atoms with Crippen LogP contribution in [-0.4, -0.2) is 49.2 Å². The standard InChI is InChI=1S/C18H25NO5/c1-12(20)14-7-6-13(10-15(14)22-5)16-11-19(8-9-23-16)17(21)24-18(2,3)4/h6-7,10,16H,8-9,11H2,1-5H3/t16-/m0/s1. The Morgan fingerprint density at radius 1 is 1.29 bits per heavy atom. The van der Waals surface area contributed by atoms with Crippen LogP contribution in [0.4, 0.5) is 4.79 Å². The molecule has 0 radical (unpaired) electrons. The van der Waals surface area contributed by atoms with Crippen molar-refractivity contribution in [3.63, 3.8) is 0 Å². The normalized spacial score (nSPS) is 18.2. The minimum Gasteiger partial charge on any atom is -0.496 e. The molecular weight excluding hydrogens is 310 g/mol. The van der Waals surface area contributed by atoms with E-state index in [1.54, 1.807) is 17.0 Å². The van der Waals surface area contributed by atoms with E-state index in [1.165, 1.54) is 14.0 Å². The lowest BCUT2D eigenvalue weighted by molar-refractivity contribution is -0.0433. The maximum atomic E-state index is 12.2. The summed E-state index contributed by atoms with van der Waals surface area (Å²) in [5.41, 5.74) is 0.864. The van der Waals surface area contributed by atoms with Gasteiger partial charge in [-0.3, -0.25) is 4.79 Å². The molecule has 0 aromatic heterocycles. The van der Waals surface area contributed by atoms with E-state index in [0.717, 1.165) is 5.56 Å². The summed E-state index contributed by atoms with van der Waals surface area (Å²) in [7, 11) is 1.53. The van der Waals surface area contributed by atoms with Gasteiger partial charge < -0.3 is 19.1 Å². The van der Waals surface area contributed by atoms with E-state index >= 15 is 0 Å². The number of amides is 1. The van der Waals surface area contributed by atoms with Crippen molar-refractivity contribution in [1.82, 2.24) is 4.90 Å². The molecular formula is C18H25NO5. The highest BCUT2D eigenvalue weighted by Gasteiger charge is 2.29. The number of benzene rings is 1. The van der Waals surface area contributed by atoms with Crippen molar-refractivity contribution >= 4 is 11.9 Å². The predicted molar refractivity (Wildman–Crippen MR) is 89.5 cm³/mol. The molecule has 0 N–H and O–H groups in total. The molecule has 0 bridgehead atoms. The molecule has 1 aromatic rings. The van der Waals surface area contributed by atoms with Crippen molar-refractivity contribution in [3.05, 3.63) is 29.3 Å². The molecule has 132 valence electrons. The van der Waals surface area contributed by atoms with Crippen molar-refractivity contribution in [2.24, 2.45) is 0 Å². The number of ketones is 1. The van der Waals surface area contributed by atoms with E-state index in [9.17, 15) is 9.59 Å². The van der Waals surface area contributed by atoms with Gasteiger partial charge in [-0.05, 0) is 45.4 Å². The van der Waals surface area contributed by atoms with Crippen LogP contribution in [0.1, 0.15) is 49.7 Å². The summed E-state index contributed by atoms with van der Waals surface area (Å²) in [4.78, 5) is 25.5. The summed E-state index contributed by atoms with van der Waals surface area (Å²) in [6, 6.07) is 5.36. The number of ether oxygens (including phenoxy) is 3. The summed E-state index contributed by atoms with van der Waals surface area (Å²) in [5.74, 6) is 0.455. The van der Waals surface area contributed by atoms with Crippen molar-refractivity contribution in [1.29, 1.82) is 0 Å². The Hall–Kier alpha value is -2.08. The third-order valence-corrected chi connectivity index (χ3v) is 3.69. The van der Waals surface area contributed by atoms with Crippen molar-refractivity contribution in [2.75, 3.05) is 26.8 Å². The van der Waals surface area contributed by atoms with Gasteiger partial charge >= 0.3 is 6.09 Å². The Balaban J connectivity index is 2.15. The molecule has 0 aliphatic carbocycles. The van der Waals surface area contributed by atoms with Gasteiger partial charge in [-0.2, -0.15) is 0 Å². The van der Waals surface area contributed by atoms with E-state index < -0.39 is 5.60 Å². The maximum absolute atomic E-state index is 12.2. The average Bonchev–Trinajstić information content (AvgIpc) is 2.52. The van der Waals surface area contributed by atoms with E-state index in [0.29, 0.717) is 31.0 Å². The highest BCUT2D eigenvalue weighted by Crippen LogP contribution is 2.29. The van der Waals surface area contributed by atoms with Gasteiger partial charge in [0.25, 0.3) is 0 Å². The zero-order chi connectivity index (χ0) is 17.9. The SMILES string of the molecule is COc1cc([C@@H]2CN(C(=O)OC(C)(C)C)CCO2)ccc1C(C)=O. The molecule has 6 nitrogen and oxygen atoms in total. The molecule has 1 aromatic carbocycles. The van der Waals surface area contributed by atoms with Crippen LogP contribution >= 0.6 is 0 Å². The van der Waals surface area contributed by atoms with Gasteiger partial charge in [0.1, 0.15) is 17.5 Å². The summed E-state index contributed by atoms with van der Waals surface area (Å²) < 4.78 is 16.5. The lowest BCUT2D eigenvalue weighted by Gasteiger charge is -2.34. The van der Waals surface area contributed by atoms with Gasteiger partial charge in [0.15, 0.2) is 5.78 Å². The van der Waals surface area contributed by atoms with Crippen molar-refractivity contribution in [2.45, 2.75) is 39.4 Å². The predicted octanol–water partition coefficient (Wildman–Crippen LogP) is 3.21. The second kappa shape index (κ2) is 7.21. The zero-order valence-electron chi connectivity index (χ0n) is 14.9. The largest absolute Gasteiger partial charge is 0.496 e. The highest BCUT2D eigenvalue weighted by molar-refractivity contribution is 5.96. The molecule has 6 heteroatoms. The fourth-order valence-electron chi connectivity index (χ4n) is 2.54. The van der Waals surface area contributed by atoms with Gasteiger partial charge in [0, 0.05) is 6.54 Å². The lowest BCUT2D eigenvalue weighted by Crippen LogP contribution is -2.44. The number of methoxy groups -OCH3 is 1. The summed E-state index contributed by atoms with van der Waals surface area (Å²) in [5, 5.41) is 0. The number of morpholine rings is 1. The molecule has 1 amide bonds. The Bertz CT molecular complexity index is 620. The van der Waals surface area contributed by atoms with Crippen LogP contribution in [0.2, 0.25) is 0 Å². The first-order valence-corrected chi connectivity index (χ1v) is 7.99. The van der Waals surface area contributed by atoms with Gasteiger partial charge in [-0.15, -0.1) is 0 Å². The summed E-state index contributed by atoms with van der Waals surface area (Å²) >= 11 is 0. The highest BCUT2D eigenvalue weighted by atomic mass is 16.6. The molecule has 1 saturated heterocycles. The van der Waals surface area contributed by atoms with E-state index in [2.05, 4.69) is 0 Å². The van der Waals surface area contributed by atoms with E-state index in [4.69, 9.17) is 14.2 Å². The zero-order valence-corrected chi connectivity index (χ0v) is 14.9. The second-order valence-electron chi connectivity index (χ2n) is 6.80. The van der Waals surface area contributed by atoms with Gasteiger partial charge in [0.2, 0.25) is 0 Å². The number of Topliss-reactive ketones (excluding diaryl/α,β-unsaturated/α-hetero) is 1. The van der Waals surface area contributed by atoms with Gasteiger partial charge in [-0.1, -0.05) is 6.07 Å². The van der Waals surface area contributed by atoms with Crippen molar-refractivity contribution < 1.29 is 23.8 Å². The van der Waals surface area contributed by atoms with Crippen LogP contribution < -0.4 is 4.74 Å². The average molecular weight is 335 g/mol. The number of nitrogens with zero attached hydrogens (tertiary/aromatic N) is 1. The van der Waals surface area contributed by atoms with Crippen molar-refractivity contribution in [3.8, 4) is 5.75 Å². The molecule has 0 spiro atoms. The Morgan fingerprint density at radius 2 is 2.00 bits per heavy atom. The first-order chi connectivity index (χ1) is 11.2. The van der Waals surface area contributed by atoms with Crippen LogP contribution in [0.25, 0.3) is 0 Å². The summed E-state index contributed by atoms with van der Waals surface area (Å²) in [6.07, 6.45) is -0.621. The van der Waals surface area contributed by atoms with Crippen LogP contribution in [0.15, 0.2) is 18.2 Å². The molecule has 2 rings (SSSR count). The van der Waals surface area contributed by atoms with E-state index in [-0.39, 0.29) is 18.0 Å².